The van der Waals surface area contributed by atoms with E-state index in [-0.39, 0.29) is 0 Å². The first kappa shape index (κ1) is 24.4. The fourth-order valence-corrected chi connectivity index (χ4v) is 6.40. The van der Waals surface area contributed by atoms with Crippen LogP contribution in [0.2, 0.25) is 0 Å². The summed E-state index contributed by atoms with van der Waals surface area (Å²) in [7, 11) is 0. The summed E-state index contributed by atoms with van der Waals surface area (Å²) in [5, 5.41) is 8.94. The Bertz CT molecular complexity index is 623. The molecule has 0 aromatic heterocycles. The van der Waals surface area contributed by atoms with Gasteiger partial charge in [-0.15, -0.1) is 0 Å². The van der Waals surface area contributed by atoms with Crippen LogP contribution in [0.25, 0.3) is 0 Å². The predicted octanol–water partition coefficient (Wildman–Crippen LogP) is 9.24. The van der Waals surface area contributed by atoms with Crippen molar-refractivity contribution >= 4 is 0 Å². The van der Waals surface area contributed by atoms with E-state index in [4.69, 9.17) is 5.26 Å². The molecular formula is C30H47N. The maximum absolute atomic E-state index is 8.94. The molecule has 0 saturated heterocycles. The molecular weight excluding hydrogens is 374 g/mol. The van der Waals surface area contributed by atoms with Crippen LogP contribution in [0.15, 0.2) is 24.3 Å². The summed E-state index contributed by atoms with van der Waals surface area (Å²) in [5.41, 5.74) is 2.18. The molecule has 31 heavy (non-hydrogen) atoms. The quantitative estimate of drug-likeness (QED) is 0.308. The van der Waals surface area contributed by atoms with Gasteiger partial charge in [0.1, 0.15) is 0 Å². The molecule has 1 heteroatoms. The molecule has 0 radical (unpaired) electrons. The maximum atomic E-state index is 8.94. The summed E-state index contributed by atoms with van der Waals surface area (Å²) >= 11 is 0. The minimum absolute atomic E-state index is 0.779. The molecule has 0 unspecified atom stereocenters. The normalized spacial score (nSPS) is 26.5. The molecule has 0 spiro atoms. The highest BCUT2D eigenvalue weighted by Crippen LogP contribution is 2.43. The number of nitrogens with zero attached hydrogens (tertiary/aromatic N) is 1. The van der Waals surface area contributed by atoms with Gasteiger partial charge in [-0.3, -0.25) is 0 Å². The molecule has 0 atom stereocenters. The van der Waals surface area contributed by atoms with Gasteiger partial charge in [0.2, 0.25) is 0 Å². The van der Waals surface area contributed by atoms with Crippen LogP contribution in [-0.2, 0) is 6.42 Å². The minimum atomic E-state index is 0.779. The number of hydrogen-bond donors (Lipinski definition) is 0. The second kappa shape index (κ2) is 14.0. The minimum Gasteiger partial charge on any atom is -0.192 e. The Kier molecular flexibility index (Phi) is 11.0. The van der Waals surface area contributed by atoms with Crippen LogP contribution in [0.4, 0.5) is 0 Å². The van der Waals surface area contributed by atoms with Crippen molar-refractivity contribution < 1.29 is 0 Å². The van der Waals surface area contributed by atoms with Gasteiger partial charge in [-0.05, 0) is 79.9 Å². The van der Waals surface area contributed by atoms with Gasteiger partial charge in [-0.1, -0.05) is 96.1 Å². The van der Waals surface area contributed by atoms with E-state index in [2.05, 4.69) is 25.1 Å². The van der Waals surface area contributed by atoms with E-state index in [1.54, 1.807) is 0 Å². The molecule has 3 rings (SSSR count). The van der Waals surface area contributed by atoms with E-state index >= 15 is 0 Å². The van der Waals surface area contributed by atoms with E-state index in [9.17, 15) is 0 Å². The molecule has 172 valence electrons. The van der Waals surface area contributed by atoms with Gasteiger partial charge in [-0.2, -0.15) is 5.26 Å². The third kappa shape index (κ3) is 8.63. The fraction of sp³-hybridized carbons (Fsp3) is 0.767. The Hall–Kier alpha value is -1.29. The maximum Gasteiger partial charge on any atom is 0.0991 e. The number of nitriles is 1. The first-order valence-corrected chi connectivity index (χ1v) is 13.8. The van der Waals surface area contributed by atoms with Gasteiger partial charge in [0.15, 0.2) is 0 Å². The van der Waals surface area contributed by atoms with Crippen molar-refractivity contribution in [1.82, 2.24) is 0 Å². The molecule has 0 bridgehead atoms. The molecule has 0 N–H and O–H groups in total. The van der Waals surface area contributed by atoms with E-state index in [1.807, 2.05) is 12.1 Å². The predicted molar refractivity (Wildman–Crippen MR) is 133 cm³/mol. The second-order valence-corrected chi connectivity index (χ2v) is 10.8. The van der Waals surface area contributed by atoms with Gasteiger partial charge >= 0.3 is 0 Å². The van der Waals surface area contributed by atoms with Crippen molar-refractivity contribution in [2.45, 2.75) is 122 Å². The Morgan fingerprint density at radius 1 is 0.677 bits per heavy atom. The molecule has 0 aliphatic heterocycles. The zero-order valence-electron chi connectivity index (χ0n) is 20.3. The van der Waals surface area contributed by atoms with Crippen molar-refractivity contribution in [3.05, 3.63) is 35.4 Å². The highest BCUT2D eigenvalue weighted by Gasteiger charge is 2.30. The zero-order valence-corrected chi connectivity index (χ0v) is 20.3. The first-order chi connectivity index (χ1) is 15.3. The summed E-state index contributed by atoms with van der Waals surface area (Å²) in [5.74, 6) is 4.06. The van der Waals surface area contributed by atoms with Crippen molar-refractivity contribution in [2.75, 3.05) is 0 Å². The summed E-state index contributed by atoms with van der Waals surface area (Å²) in [6.07, 6.45) is 26.2. The van der Waals surface area contributed by atoms with E-state index in [1.165, 1.54) is 121 Å². The zero-order chi connectivity index (χ0) is 21.7. The number of unbranched alkanes of at least 4 members (excludes halogenated alkanes) is 6. The van der Waals surface area contributed by atoms with Crippen LogP contribution in [0.5, 0.6) is 0 Å². The lowest BCUT2D eigenvalue weighted by atomic mass is 9.68. The van der Waals surface area contributed by atoms with Crippen LogP contribution in [-0.4, -0.2) is 0 Å². The number of aryl methyl sites for hydroxylation is 1. The molecule has 2 fully saturated rings. The summed E-state index contributed by atoms with van der Waals surface area (Å²) in [4.78, 5) is 0. The Morgan fingerprint density at radius 3 is 1.74 bits per heavy atom. The molecule has 2 aliphatic carbocycles. The lowest BCUT2D eigenvalue weighted by Crippen LogP contribution is -2.26. The van der Waals surface area contributed by atoms with Crippen molar-refractivity contribution in [1.29, 1.82) is 5.26 Å². The standard InChI is InChI=1S/C30H47N/c1-2-3-4-5-6-7-8-9-25-16-20-29(21-17-25)30-22-18-27(19-23-30)11-10-26-12-14-28(24-31)15-13-26/h12-15,25,27,29-30H,2-11,16-23H2,1H3/t25-,27?,29-,30?. The Labute approximate surface area is 193 Å². The van der Waals surface area contributed by atoms with E-state index in [0.29, 0.717) is 0 Å². The molecule has 1 aromatic rings. The highest BCUT2D eigenvalue weighted by molar-refractivity contribution is 5.31. The fourth-order valence-electron chi connectivity index (χ4n) is 6.40. The van der Waals surface area contributed by atoms with Crippen LogP contribution >= 0.6 is 0 Å². The average molecular weight is 422 g/mol. The lowest BCUT2D eigenvalue weighted by molar-refractivity contribution is 0.140. The molecule has 1 nitrogen and oxygen atoms in total. The van der Waals surface area contributed by atoms with Gasteiger partial charge in [0.25, 0.3) is 0 Å². The smallest absolute Gasteiger partial charge is 0.0991 e. The van der Waals surface area contributed by atoms with E-state index in [0.717, 1.165) is 29.2 Å². The molecule has 2 saturated carbocycles. The second-order valence-electron chi connectivity index (χ2n) is 10.8. The van der Waals surface area contributed by atoms with Gasteiger partial charge in [-0.25, -0.2) is 0 Å². The summed E-state index contributed by atoms with van der Waals surface area (Å²) < 4.78 is 0. The van der Waals surface area contributed by atoms with Gasteiger partial charge in [0.05, 0.1) is 11.6 Å². The molecule has 1 aromatic carbocycles. The summed E-state index contributed by atoms with van der Waals surface area (Å²) in [6.45, 7) is 2.31. The topological polar surface area (TPSA) is 23.8 Å². The van der Waals surface area contributed by atoms with Crippen molar-refractivity contribution in [2.24, 2.45) is 23.7 Å². The van der Waals surface area contributed by atoms with Crippen LogP contribution in [0.3, 0.4) is 0 Å². The third-order valence-corrected chi connectivity index (χ3v) is 8.59. The van der Waals surface area contributed by atoms with Gasteiger partial charge < -0.3 is 0 Å². The van der Waals surface area contributed by atoms with Gasteiger partial charge in [0, 0.05) is 0 Å². The molecule has 0 heterocycles. The SMILES string of the molecule is CCCCCCCCC[C@H]1CC[C@H](C2CCC(CCc3ccc(C#N)cc3)CC2)CC1. The third-order valence-electron chi connectivity index (χ3n) is 8.59. The van der Waals surface area contributed by atoms with Crippen LogP contribution in [0, 0.1) is 35.0 Å². The van der Waals surface area contributed by atoms with Crippen LogP contribution in [0.1, 0.15) is 127 Å². The van der Waals surface area contributed by atoms with Crippen molar-refractivity contribution in [3.8, 4) is 6.07 Å². The van der Waals surface area contributed by atoms with Crippen molar-refractivity contribution in [3.63, 3.8) is 0 Å². The lowest BCUT2D eigenvalue weighted by Gasteiger charge is -2.38. The Balaban J connectivity index is 1.24. The average Bonchev–Trinajstić information content (AvgIpc) is 2.83. The number of benzene rings is 1. The first-order valence-electron chi connectivity index (χ1n) is 13.8. The van der Waals surface area contributed by atoms with E-state index < -0.39 is 0 Å². The number of hydrogen-bond acceptors (Lipinski definition) is 1. The largest absolute Gasteiger partial charge is 0.192 e. The highest BCUT2D eigenvalue weighted by atomic mass is 14.4. The number of rotatable bonds is 12. The summed E-state index contributed by atoms with van der Waals surface area (Å²) in [6, 6.07) is 10.5. The van der Waals surface area contributed by atoms with Crippen LogP contribution < -0.4 is 0 Å². The Morgan fingerprint density at radius 2 is 1.19 bits per heavy atom. The monoisotopic (exact) mass is 421 g/mol. The molecule has 0 amide bonds. The molecule has 2 aliphatic rings.